The van der Waals surface area contributed by atoms with Crippen molar-refractivity contribution >= 4 is 54.9 Å². The second-order valence-electron chi connectivity index (χ2n) is 3.98. The van der Waals surface area contributed by atoms with E-state index in [1.807, 2.05) is 36.4 Å². The average molecular weight is 419 g/mol. The summed E-state index contributed by atoms with van der Waals surface area (Å²) in [6, 6.07) is 11.0. The Bertz CT molecular complexity index is 600. The van der Waals surface area contributed by atoms with Crippen molar-refractivity contribution in [2.24, 2.45) is 0 Å². The lowest BCUT2D eigenvalue weighted by molar-refractivity contribution is -0.144. The zero-order valence-corrected chi connectivity index (χ0v) is 14.7. The summed E-state index contributed by atoms with van der Waals surface area (Å²) in [7, 11) is 0. The van der Waals surface area contributed by atoms with E-state index < -0.39 is 6.04 Å². The van der Waals surface area contributed by atoms with E-state index in [1.165, 1.54) is 11.3 Å². The fourth-order valence-corrected chi connectivity index (χ4v) is 3.56. The van der Waals surface area contributed by atoms with Crippen LogP contribution in [0.15, 0.2) is 44.7 Å². The van der Waals surface area contributed by atoms with Gasteiger partial charge in [-0.15, -0.1) is 11.3 Å². The monoisotopic (exact) mass is 417 g/mol. The summed E-state index contributed by atoms with van der Waals surface area (Å²) in [5, 5.41) is 3.22. The molecule has 0 aliphatic carbocycles. The lowest BCUT2D eigenvalue weighted by Crippen LogP contribution is -2.22. The van der Waals surface area contributed by atoms with Crippen molar-refractivity contribution in [2.75, 3.05) is 11.9 Å². The Morgan fingerprint density at radius 1 is 1.35 bits per heavy atom. The van der Waals surface area contributed by atoms with Gasteiger partial charge in [0.1, 0.15) is 0 Å². The molecule has 1 N–H and O–H groups in total. The first-order chi connectivity index (χ1) is 9.60. The van der Waals surface area contributed by atoms with Crippen LogP contribution in [0.1, 0.15) is 17.8 Å². The molecular weight excluding hydrogens is 406 g/mol. The fourth-order valence-electron chi connectivity index (χ4n) is 1.70. The molecule has 1 atom stereocenters. The molecular formula is C14H13Br2NO2S. The topological polar surface area (TPSA) is 38.3 Å². The molecule has 0 saturated carbocycles. The molecule has 1 heterocycles. The molecule has 2 rings (SSSR count). The highest BCUT2D eigenvalue weighted by molar-refractivity contribution is 9.11. The van der Waals surface area contributed by atoms with Crippen LogP contribution < -0.4 is 5.32 Å². The van der Waals surface area contributed by atoms with Crippen LogP contribution in [-0.2, 0) is 9.53 Å². The number of nitrogens with one attached hydrogen (secondary N) is 1. The molecule has 3 nitrogen and oxygen atoms in total. The zero-order valence-electron chi connectivity index (χ0n) is 10.7. The maximum atomic E-state index is 12.1. The van der Waals surface area contributed by atoms with Crippen LogP contribution in [0.4, 0.5) is 5.69 Å². The number of ether oxygens (including phenoxy) is 1. The van der Waals surface area contributed by atoms with Gasteiger partial charge in [-0.3, -0.25) is 0 Å². The Balaban J connectivity index is 2.25. The van der Waals surface area contributed by atoms with Crippen LogP contribution in [-0.4, -0.2) is 12.6 Å². The van der Waals surface area contributed by atoms with Gasteiger partial charge < -0.3 is 10.1 Å². The maximum absolute atomic E-state index is 12.1. The van der Waals surface area contributed by atoms with Crippen LogP contribution in [0.2, 0.25) is 0 Å². The van der Waals surface area contributed by atoms with Crippen molar-refractivity contribution in [3.8, 4) is 0 Å². The van der Waals surface area contributed by atoms with E-state index in [2.05, 4.69) is 37.2 Å². The van der Waals surface area contributed by atoms with E-state index in [4.69, 9.17) is 4.74 Å². The molecule has 0 radical (unpaired) electrons. The maximum Gasteiger partial charge on any atom is 0.334 e. The summed E-state index contributed by atoms with van der Waals surface area (Å²) >= 11 is 8.35. The van der Waals surface area contributed by atoms with Crippen molar-refractivity contribution in [1.82, 2.24) is 0 Å². The number of carbonyl (C=O) groups is 1. The smallest absolute Gasteiger partial charge is 0.334 e. The summed E-state index contributed by atoms with van der Waals surface area (Å²) in [4.78, 5) is 13.0. The zero-order chi connectivity index (χ0) is 14.5. The molecule has 0 aliphatic rings. The largest absolute Gasteiger partial charge is 0.464 e. The number of thiophene rings is 1. The Labute approximate surface area is 138 Å². The molecule has 2 aromatic rings. The van der Waals surface area contributed by atoms with Gasteiger partial charge in [0.05, 0.1) is 10.4 Å². The molecule has 1 aromatic heterocycles. The Hall–Kier alpha value is -0.850. The second kappa shape index (κ2) is 7.24. The normalized spacial score (nSPS) is 11.9. The minimum atomic E-state index is -0.499. The van der Waals surface area contributed by atoms with Crippen LogP contribution in [0, 0.1) is 0 Å². The summed E-state index contributed by atoms with van der Waals surface area (Å²) in [6.07, 6.45) is 0. The molecule has 0 aliphatic heterocycles. The SMILES string of the molecule is CCOC(=O)C(Nc1cccc(Br)c1)c1ccc(Br)s1. The number of carbonyl (C=O) groups excluding carboxylic acids is 1. The van der Waals surface area contributed by atoms with E-state index in [9.17, 15) is 4.79 Å². The van der Waals surface area contributed by atoms with Crippen molar-refractivity contribution in [3.63, 3.8) is 0 Å². The molecule has 0 saturated heterocycles. The van der Waals surface area contributed by atoms with E-state index >= 15 is 0 Å². The standard InChI is InChI=1S/C14H13Br2NO2S/c1-2-19-14(18)13(11-6-7-12(16)20-11)17-10-5-3-4-9(15)8-10/h3-8,13,17H,2H2,1H3. The van der Waals surface area contributed by atoms with Gasteiger partial charge >= 0.3 is 5.97 Å². The number of rotatable bonds is 5. The summed E-state index contributed by atoms with van der Waals surface area (Å²) in [6.45, 7) is 2.17. The number of anilines is 1. The van der Waals surface area contributed by atoms with E-state index in [0.29, 0.717) is 6.61 Å². The molecule has 20 heavy (non-hydrogen) atoms. The molecule has 0 spiro atoms. The van der Waals surface area contributed by atoms with Gasteiger partial charge in [0.15, 0.2) is 6.04 Å². The molecule has 1 unspecified atom stereocenters. The quantitative estimate of drug-likeness (QED) is 0.695. The Kier molecular flexibility index (Phi) is 5.63. The van der Waals surface area contributed by atoms with Crippen LogP contribution in [0.3, 0.4) is 0 Å². The number of hydrogen-bond donors (Lipinski definition) is 1. The Morgan fingerprint density at radius 2 is 2.15 bits per heavy atom. The predicted octanol–water partition coefficient (Wildman–Crippen LogP) is 4.99. The van der Waals surface area contributed by atoms with Gasteiger partial charge in [0.25, 0.3) is 0 Å². The molecule has 1 aromatic carbocycles. The first-order valence-corrected chi connectivity index (χ1v) is 8.44. The van der Waals surface area contributed by atoms with Gasteiger partial charge in [0.2, 0.25) is 0 Å². The third-order valence-electron chi connectivity index (χ3n) is 2.54. The molecule has 0 bridgehead atoms. The minimum absolute atomic E-state index is 0.276. The number of hydrogen-bond acceptors (Lipinski definition) is 4. The van der Waals surface area contributed by atoms with Gasteiger partial charge in [-0.2, -0.15) is 0 Å². The Morgan fingerprint density at radius 3 is 2.75 bits per heavy atom. The average Bonchev–Trinajstić information content (AvgIpc) is 2.83. The minimum Gasteiger partial charge on any atom is -0.464 e. The highest BCUT2D eigenvalue weighted by Gasteiger charge is 2.23. The van der Waals surface area contributed by atoms with Crippen LogP contribution in [0.5, 0.6) is 0 Å². The van der Waals surface area contributed by atoms with Gasteiger partial charge in [-0.05, 0) is 53.2 Å². The summed E-state index contributed by atoms with van der Waals surface area (Å²) in [5.41, 5.74) is 0.863. The van der Waals surface area contributed by atoms with Crippen molar-refractivity contribution in [2.45, 2.75) is 13.0 Å². The summed E-state index contributed by atoms with van der Waals surface area (Å²) in [5.74, 6) is -0.276. The highest BCUT2D eigenvalue weighted by atomic mass is 79.9. The van der Waals surface area contributed by atoms with E-state index in [1.54, 1.807) is 6.92 Å². The number of esters is 1. The lowest BCUT2D eigenvalue weighted by Gasteiger charge is -2.17. The van der Waals surface area contributed by atoms with Crippen molar-refractivity contribution in [3.05, 3.63) is 49.5 Å². The second-order valence-corrected chi connectivity index (χ2v) is 7.39. The van der Waals surface area contributed by atoms with Gasteiger partial charge in [-0.1, -0.05) is 22.0 Å². The lowest BCUT2D eigenvalue weighted by atomic mass is 10.2. The highest BCUT2D eigenvalue weighted by Crippen LogP contribution is 2.31. The fraction of sp³-hybridized carbons (Fsp3) is 0.214. The molecule has 6 heteroatoms. The van der Waals surface area contributed by atoms with Crippen LogP contribution in [0.25, 0.3) is 0 Å². The predicted molar refractivity (Wildman–Crippen MR) is 89.2 cm³/mol. The third-order valence-corrected chi connectivity index (χ3v) is 4.72. The van der Waals surface area contributed by atoms with E-state index in [0.717, 1.165) is 18.8 Å². The molecule has 0 fully saturated rings. The number of benzene rings is 1. The molecule has 106 valence electrons. The first-order valence-electron chi connectivity index (χ1n) is 6.04. The summed E-state index contributed by atoms with van der Waals surface area (Å²) < 4.78 is 7.09. The first kappa shape index (κ1) is 15.5. The van der Waals surface area contributed by atoms with Gasteiger partial charge in [0, 0.05) is 15.0 Å². The van der Waals surface area contributed by atoms with E-state index in [-0.39, 0.29) is 5.97 Å². The van der Waals surface area contributed by atoms with Crippen molar-refractivity contribution in [1.29, 1.82) is 0 Å². The van der Waals surface area contributed by atoms with Crippen LogP contribution >= 0.6 is 43.2 Å². The van der Waals surface area contributed by atoms with Crippen molar-refractivity contribution < 1.29 is 9.53 Å². The third kappa shape index (κ3) is 4.07. The number of halogens is 2. The van der Waals surface area contributed by atoms with Gasteiger partial charge in [-0.25, -0.2) is 4.79 Å². The molecule has 0 amide bonds.